The third-order valence-electron chi connectivity index (χ3n) is 3.92. The molecule has 1 saturated carbocycles. The summed E-state index contributed by atoms with van der Waals surface area (Å²) < 4.78 is 1.84. The Kier molecular flexibility index (Phi) is 5.22. The molecule has 132 valence electrons. The number of carbonyl (C=O) groups excluding carboxylic acids is 2. The van der Waals surface area contributed by atoms with Crippen molar-refractivity contribution in [1.29, 1.82) is 0 Å². The maximum absolute atomic E-state index is 12.0. The fourth-order valence-electron chi connectivity index (χ4n) is 2.53. The molecule has 0 atom stereocenters. The molecule has 1 fully saturated rings. The molecule has 9 heteroatoms. The van der Waals surface area contributed by atoms with Gasteiger partial charge >= 0.3 is 6.03 Å². The Morgan fingerprint density at radius 1 is 1.28 bits per heavy atom. The molecule has 1 aliphatic carbocycles. The Morgan fingerprint density at radius 2 is 2.12 bits per heavy atom. The fraction of sp³-hybridized carbons (Fsp3) is 0.438. The van der Waals surface area contributed by atoms with E-state index in [4.69, 9.17) is 5.73 Å². The number of benzene rings is 1. The van der Waals surface area contributed by atoms with Crippen molar-refractivity contribution in [1.82, 2.24) is 25.5 Å². The minimum absolute atomic E-state index is 0.0713. The van der Waals surface area contributed by atoms with Crippen LogP contribution in [0.5, 0.6) is 0 Å². The molecule has 0 radical (unpaired) electrons. The van der Waals surface area contributed by atoms with Crippen LogP contribution in [0.2, 0.25) is 0 Å². The lowest BCUT2D eigenvalue weighted by Gasteiger charge is -2.08. The number of amides is 3. The highest BCUT2D eigenvalue weighted by atomic mass is 16.2. The molecule has 1 aliphatic rings. The second kappa shape index (κ2) is 7.73. The van der Waals surface area contributed by atoms with Gasteiger partial charge in [-0.2, -0.15) is 0 Å². The molecule has 0 unspecified atom stereocenters. The largest absolute Gasteiger partial charge is 0.352 e. The summed E-state index contributed by atoms with van der Waals surface area (Å²) >= 11 is 0. The van der Waals surface area contributed by atoms with E-state index in [0.29, 0.717) is 37.5 Å². The molecule has 0 spiro atoms. The van der Waals surface area contributed by atoms with Gasteiger partial charge in [-0.1, -0.05) is 12.1 Å². The van der Waals surface area contributed by atoms with E-state index in [1.165, 1.54) is 0 Å². The first-order chi connectivity index (χ1) is 12.1. The van der Waals surface area contributed by atoms with Gasteiger partial charge in [-0.25, -0.2) is 9.48 Å². The van der Waals surface area contributed by atoms with Gasteiger partial charge in [0.2, 0.25) is 5.91 Å². The summed E-state index contributed by atoms with van der Waals surface area (Å²) in [5.41, 5.74) is 6.57. The zero-order chi connectivity index (χ0) is 17.6. The number of primary amides is 1. The number of carbonyl (C=O) groups is 2. The number of nitrogens with zero attached hydrogens (tertiary/aromatic N) is 4. The molecule has 9 nitrogen and oxygen atoms in total. The Labute approximate surface area is 145 Å². The first kappa shape index (κ1) is 16.9. The van der Waals surface area contributed by atoms with Gasteiger partial charge in [0.1, 0.15) is 0 Å². The van der Waals surface area contributed by atoms with Crippen LogP contribution < -0.4 is 16.4 Å². The summed E-state index contributed by atoms with van der Waals surface area (Å²) in [4.78, 5) is 22.6. The van der Waals surface area contributed by atoms with Crippen LogP contribution in [0.1, 0.15) is 38.1 Å². The molecule has 4 N–H and O–H groups in total. The number of aromatic nitrogens is 4. The van der Waals surface area contributed by atoms with Crippen LogP contribution in [-0.2, 0) is 4.79 Å². The van der Waals surface area contributed by atoms with E-state index in [2.05, 4.69) is 26.2 Å². The van der Waals surface area contributed by atoms with Crippen LogP contribution in [0.25, 0.3) is 11.4 Å². The monoisotopic (exact) mass is 343 g/mol. The highest BCUT2D eigenvalue weighted by Gasteiger charge is 2.28. The number of tetrazole rings is 1. The number of nitrogens with two attached hydrogens (primary N) is 1. The van der Waals surface area contributed by atoms with E-state index in [0.717, 1.165) is 24.2 Å². The Hall–Kier alpha value is -2.97. The van der Waals surface area contributed by atoms with E-state index >= 15 is 0 Å². The molecule has 0 saturated heterocycles. The maximum Gasteiger partial charge on any atom is 0.312 e. The summed E-state index contributed by atoms with van der Waals surface area (Å²) in [6.07, 6.45) is 3.95. The Balaban J connectivity index is 1.54. The van der Waals surface area contributed by atoms with Crippen molar-refractivity contribution in [3.05, 3.63) is 24.3 Å². The lowest BCUT2D eigenvalue weighted by atomic mass is 10.1. The van der Waals surface area contributed by atoms with Gasteiger partial charge in [-0.3, -0.25) is 4.79 Å². The van der Waals surface area contributed by atoms with Crippen molar-refractivity contribution in [2.45, 2.75) is 38.1 Å². The average Bonchev–Trinajstić information content (AvgIpc) is 3.31. The van der Waals surface area contributed by atoms with Crippen molar-refractivity contribution < 1.29 is 9.59 Å². The molecule has 0 bridgehead atoms. The minimum atomic E-state index is -0.546. The summed E-state index contributed by atoms with van der Waals surface area (Å²) in [6.45, 7) is 0.474. The lowest BCUT2D eigenvalue weighted by molar-refractivity contribution is -0.116. The molecular formula is C16H21N7O2. The van der Waals surface area contributed by atoms with Crippen LogP contribution in [0.15, 0.2) is 24.3 Å². The average molecular weight is 343 g/mol. The number of hydrogen-bond donors (Lipinski definition) is 3. The smallest absolute Gasteiger partial charge is 0.312 e. The standard InChI is InChI=1S/C16H21N7O2/c17-16(25)18-9-2-1-6-14(24)19-12-5-3-4-11(10-12)15-20-21-22-23(15)13-7-8-13/h3-5,10,13H,1-2,6-9H2,(H,19,24)(H3,17,18,25). The van der Waals surface area contributed by atoms with Crippen molar-refractivity contribution in [2.24, 2.45) is 5.73 Å². The maximum atomic E-state index is 12.0. The molecule has 3 rings (SSSR count). The lowest BCUT2D eigenvalue weighted by Crippen LogP contribution is -2.30. The van der Waals surface area contributed by atoms with Gasteiger partial charge in [0, 0.05) is 24.2 Å². The van der Waals surface area contributed by atoms with Crippen molar-refractivity contribution in [3.63, 3.8) is 0 Å². The molecule has 2 aromatic rings. The summed E-state index contributed by atoms with van der Waals surface area (Å²) in [5, 5.41) is 17.3. The molecule has 1 aromatic heterocycles. The Bertz CT molecular complexity index is 754. The van der Waals surface area contributed by atoms with E-state index in [-0.39, 0.29) is 5.91 Å². The van der Waals surface area contributed by atoms with Crippen molar-refractivity contribution >= 4 is 17.6 Å². The highest BCUT2D eigenvalue weighted by molar-refractivity contribution is 5.91. The van der Waals surface area contributed by atoms with E-state index in [1.807, 2.05) is 28.9 Å². The van der Waals surface area contributed by atoms with Gasteiger partial charge in [0.05, 0.1) is 6.04 Å². The molecule has 3 amide bonds. The van der Waals surface area contributed by atoms with Gasteiger partial charge in [-0.15, -0.1) is 5.10 Å². The van der Waals surface area contributed by atoms with Crippen LogP contribution in [0.4, 0.5) is 10.5 Å². The molecule has 0 aliphatic heterocycles. The number of anilines is 1. The predicted octanol–water partition coefficient (Wildman–Crippen LogP) is 1.45. The van der Waals surface area contributed by atoms with E-state index in [9.17, 15) is 9.59 Å². The molecule has 1 heterocycles. The Morgan fingerprint density at radius 3 is 2.88 bits per heavy atom. The van der Waals surface area contributed by atoms with Crippen molar-refractivity contribution in [2.75, 3.05) is 11.9 Å². The van der Waals surface area contributed by atoms with Crippen LogP contribution in [0.3, 0.4) is 0 Å². The van der Waals surface area contributed by atoms with Gasteiger partial charge in [-0.05, 0) is 48.2 Å². The quantitative estimate of drug-likeness (QED) is 0.625. The molecular weight excluding hydrogens is 322 g/mol. The minimum Gasteiger partial charge on any atom is -0.352 e. The summed E-state index contributed by atoms with van der Waals surface area (Å²) in [7, 11) is 0. The number of nitrogens with one attached hydrogen (secondary N) is 2. The van der Waals surface area contributed by atoms with Crippen molar-refractivity contribution in [3.8, 4) is 11.4 Å². The topological polar surface area (TPSA) is 128 Å². The zero-order valence-electron chi connectivity index (χ0n) is 13.8. The summed E-state index contributed by atoms with van der Waals surface area (Å²) in [5.74, 6) is 0.647. The van der Waals surface area contributed by atoms with Gasteiger partial charge in [0.15, 0.2) is 5.82 Å². The number of urea groups is 1. The number of hydrogen-bond acceptors (Lipinski definition) is 5. The van der Waals surface area contributed by atoms with Gasteiger partial charge in [0.25, 0.3) is 0 Å². The third-order valence-corrected chi connectivity index (χ3v) is 3.92. The first-order valence-corrected chi connectivity index (χ1v) is 8.35. The predicted molar refractivity (Wildman–Crippen MR) is 91.6 cm³/mol. The third kappa shape index (κ3) is 4.75. The normalized spacial score (nSPS) is 13.4. The van der Waals surface area contributed by atoms with E-state index in [1.54, 1.807) is 0 Å². The highest BCUT2D eigenvalue weighted by Crippen LogP contribution is 2.36. The van der Waals surface area contributed by atoms with Crippen LogP contribution in [-0.4, -0.2) is 38.7 Å². The number of rotatable bonds is 8. The number of unbranched alkanes of at least 4 members (excludes halogenated alkanes) is 1. The molecule has 25 heavy (non-hydrogen) atoms. The SMILES string of the molecule is NC(=O)NCCCCC(=O)Nc1cccc(-c2nnnn2C2CC2)c1. The van der Waals surface area contributed by atoms with E-state index < -0.39 is 6.03 Å². The second-order valence-corrected chi connectivity index (χ2v) is 6.06. The van der Waals surface area contributed by atoms with Crippen LogP contribution >= 0.6 is 0 Å². The molecule has 1 aromatic carbocycles. The summed E-state index contributed by atoms with van der Waals surface area (Å²) in [6, 6.07) is 7.34. The van der Waals surface area contributed by atoms with Crippen LogP contribution in [0, 0.1) is 0 Å². The second-order valence-electron chi connectivity index (χ2n) is 6.06. The fourth-order valence-corrected chi connectivity index (χ4v) is 2.53. The first-order valence-electron chi connectivity index (χ1n) is 8.35. The zero-order valence-corrected chi connectivity index (χ0v) is 13.8. The van der Waals surface area contributed by atoms with Gasteiger partial charge < -0.3 is 16.4 Å².